The first-order valence-corrected chi connectivity index (χ1v) is 4.73. The van der Waals surface area contributed by atoms with Crippen LogP contribution in [0.5, 0.6) is 0 Å². The normalized spacial score (nSPS) is 10.7. The summed E-state index contributed by atoms with van der Waals surface area (Å²) >= 11 is 11.1. The molecule has 0 radical (unpaired) electrons. The molecule has 0 bridgehead atoms. The first kappa shape index (κ1) is 11.0. The minimum Gasteiger partial charge on any atom is -0.258 e. The van der Waals surface area contributed by atoms with E-state index in [9.17, 15) is 10.1 Å². The number of allylic oxidation sites excluding steroid dienone is 1. The second-order valence-electron chi connectivity index (χ2n) is 2.52. The highest BCUT2D eigenvalue weighted by molar-refractivity contribution is 6.30. The number of halogens is 2. The molecule has 0 aliphatic heterocycles. The number of nitro groups is 1. The molecule has 1 aromatic rings. The zero-order valence-electron chi connectivity index (χ0n) is 7.11. The summed E-state index contributed by atoms with van der Waals surface area (Å²) in [5.41, 5.74) is 0.485. The highest BCUT2D eigenvalue weighted by Crippen LogP contribution is 2.24. The minimum atomic E-state index is -0.472. The van der Waals surface area contributed by atoms with Crippen LogP contribution in [-0.4, -0.2) is 10.8 Å². The van der Waals surface area contributed by atoms with Crippen molar-refractivity contribution in [2.45, 2.75) is 0 Å². The van der Waals surface area contributed by atoms with E-state index in [1.807, 2.05) is 0 Å². The predicted octanol–water partition coefficient (Wildman–Crippen LogP) is 3.50. The zero-order valence-corrected chi connectivity index (χ0v) is 8.63. The summed E-state index contributed by atoms with van der Waals surface area (Å²) in [4.78, 5) is 10.1. The monoisotopic (exact) mass is 231 g/mol. The Morgan fingerprint density at radius 1 is 1.50 bits per heavy atom. The van der Waals surface area contributed by atoms with Crippen molar-refractivity contribution in [2.24, 2.45) is 0 Å². The lowest BCUT2D eigenvalue weighted by Gasteiger charge is -1.97. The number of nitrogens with zero attached hydrogens (tertiary/aromatic N) is 1. The lowest BCUT2D eigenvalue weighted by Crippen LogP contribution is -1.91. The van der Waals surface area contributed by atoms with Gasteiger partial charge in [0.25, 0.3) is 5.69 Å². The zero-order chi connectivity index (χ0) is 10.6. The third-order valence-electron chi connectivity index (χ3n) is 1.58. The molecule has 0 fully saturated rings. The van der Waals surface area contributed by atoms with Crippen molar-refractivity contribution in [2.75, 3.05) is 5.88 Å². The molecule has 0 aliphatic rings. The van der Waals surface area contributed by atoms with Crippen molar-refractivity contribution >= 4 is 35.0 Å². The summed E-state index contributed by atoms with van der Waals surface area (Å²) in [6.45, 7) is 0. The van der Waals surface area contributed by atoms with Gasteiger partial charge < -0.3 is 0 Å². The quantitative estimate of drug-likeness (QED) is 0.454. The van der Waals surface area contributed by atoms with Gasteiger partial charge in [-0.25, -0.2) is 0 Å². The molecule has 0 saturated carbocycles. The van der Waals surface area contributed by atoms with Crippen LogP contribution in [0.4, 0.5) is 5.69 Å². The summed E-state index contributed by atoms with van der Waals surface area (Å²) in [6, 6.07) is 4.50. The van der Waals surface area contributed by atoms with Gasteiger partial charge in [0, 0.05) is 17.0 Å². The number of rotatable bonds is 3. The Morgan fingerprint density at radius 2 is 2.21 bits per heavy atom. The number of benzene rings is 1. The Morgan fingerprint density at radius 3 is 2.79 bits per heavy atom. The summed E-state index contributed by atoms with van der Waals surface area (Å²) in [6.07, 6.45) is 3.24. The molecule has 0 spiro atoms. The highest BCUT2D eigenvalue weighted by atomic mass is 35.5. The summed E-state index contributed by atoms with van der Waals surface area (Å²) in [5.74, 6) is 0.319. The molecule has 1 aromatic carbocycles. The van der Waals surface area contributed by atoms with Gasteiger partial charge in [-0.2, -0.15) is 0 Å². The van der Waals surface area contributed by atoms with Crippen LogP contribution in [0.15, 0.2) is 24.3 Å². The second-order valence-corrected chi connectivity index (χ2v) is 3.26. The van der Waals surface area contributed by atoms with E-state index in [0.29, 0.717) is 16.5 Å². The van der Waals surface area contributed by atoms with Gasteiger partial charge in [0.1, 0.15) is 0 Å². The lowest BCUT2D eigenvalue weighted by molar-refractivity contribution is -0.385. The van der Waals surface area contributed by atoms with Crippen molar-refractivity contribution in [1.29, 1.82) is 0 Å². The fraction of sp³-hybridized carbons (Fsp3) is 0.111. The molecule has 74 valence electrons. The van der Waals surface area contributed by atoms with Gasteiger partial charge in [-0.1, -0.05) is 23.8 Å². The van der Waals surface area contributed by atoms with E-state index in [0.717, 1.165) is 0 Å². The number of alkyl halides is 1. The fourth-order valence-electron chi connectivity index (χ4n) is 0.987. The van der Waals surface area contributed by atoms with Gasteiger partial charge in [-0.05, 0) is 12.1 Å². The Hall–Kier alpha value is -1.06. The van der Waals surface area contributed by atoms with Crippen LogP contribution in [0.3, 0.4) is 0 Å². The maximum Gasteiger partial charge on any atom is 0.278 e. The van der Waals surface area contributed by atoms with Crippen LogP contribution in [0.1, 0.15) is 5.56 Å². The Kier molecular flexibility index (Phi) is 3.92. The molecule has 0 atom stereocenters. The van der Waals surface area contributed by atoms with E-state index in [-0.39, 0.29) is 5.69 Å². The molecule has 3 nitrogen and oxygen atoms in total. The smallest absolute Gasteiger partial charge is 0.258 e. The highest BCUT2D eigenvalue weighted by Gasteiger charge is 2.11. The average molecular weight is 232 g/mol. The van der Waals surface area contributed by atoms with Gasteiger partial charge in [0.05, 0.1) is 10.5 Å². The fourth-order valence-corrected chi connectivity index (χ4v) is 1.24. The van der Waals surface area contributed by atoms with Crippen molar-refractivity contribution in [3.05, 3.63) is 45.0 Å². The van der Waals surface area contributed by atoms with Gasteiger partial charge in [-0.15, -0.1) is 11.6 Å². The number of nitro benzene ring substituents is 1. The van der Waals surface area contributed by atoms with Crippen LogP contribution >= 0.6 is 23.2 Å². The topological polar surface area (TPSA) is 43.1 Å². The molecule has 0 unspecified atom stereocenters. The van der Waals surface area contributed by atoms with Crippen molar-refractivity contribution in [1.82, 2.24) is 0 Å². The second kappa shape index (κ2) is 4.98. The predicted molar refractivity (Wildman–Crippen MR) is 57.9 cm³/mol. The van der Waals surface area contributed by atoms with Gasteiger partial charge in [0.15, 0.2) is 0 Å². The van der Waals surface area contributed by atoms with Crippen LogP contribution in [0.2, 0.25) is 5.02 Å². The van der Waals surface area contributed by atoms with Crippen molar-refractivity contribution in [3.63, 3.8) is 0 Å². The standard InChI is InChI=1S/C9H7Cl2NO2/c10-5-1-2-7-3-4-8(11)6-9(7)12(13)14/h1-4,6H,5H2. The molecule has 0 aromatic heterocycles. The summed E-state index contributed by atoms with van der Waals surface area (Å²) < 4.78 is 0. The third kappa shape index (κ3) is 2.72. The summed E-state index contributed by atoms with van der Waals surface area (Å²) in [5, 5.41) is 11.0. The Labute approximate surface area is 91.1 Å². The van der Waals surface area contributed by atoms with E-state index in [1.165, 1.54) is 6.07 Å². The van der Waals surface area contributed by atoms with E-state index in [4.69, 9.17) is 23.2 Å². The first-order chi connectivity index (χ1) is 6.65. The van der Waals surface area contributed by atoms with Gasteiger partial charge in [-0.3, -0.25) is 10.1 Å². The Bertz CT molecular complexity index is 377. The molecule has 14 heavy (non-hydrogen) atoms. The van der Waals surface area contributed by atoms with E-state index in [1.54, 1.807) is 24.3 Å². The van der Waals surface area contributed by atoms with Crippen LogP contribution in [0, 0.1) is 10.1 Å². The number of hydrogen-bond acceptors (Lipinski definition) is 2. The molecule has 0 saturated heterocycles. The Balaban J connectivity index is 3.15. The molecule has 0 amide bonds. The molecule has 0 heterocycles. The largest absolute Gasteiger partial charge is 0.278 e. The maximum absolute atomic E-state index is 10.6. The van der Waals surface area contributed by atoms with Crippen molar-refractivity contribution < 1.29 is 4.92 Å². The molecule has 0 aliphatic carbocycles. The first-order valence-electron chi connectivity index (χ1n) is 3.81. The maximum atomic E-state index is 10.6. The summed E-state index contributed by atoms with van der Waals surface area (Å²) in [7, 11) is 0. The van der Waals surface area contributed by atoms with E-state index >= 15 is 0 Å². The number of hydrogen-bond donors (Lipinski definition) is 0. The molecular weight excluding hydrogens is 225 g/mol. The lowest BCUT2D eigenvalue weighted by atomic mass is 10.1. The van der Waals surface area contributed by atoms with E-state index < -0.39 is 4.92 Å². The van der Waals surface area contributed by atoms with Crippen LogP contribution < -0.4 is 0 Å². The molecule has 5 heteroatoms. The van der Waals surface area contributed by atoms with Crippen LogP contribution in [0.25, 0.3) is 6.08 Å². The SMILES string of the molecule is O=[N+]([O-])c1cc(Cl)ccc1C=CCCl. The molecule has 0 N–H and O–H groups in total. The van der Waals surface area contributed by atoms with Gasteiger partial charge >= 0.3 is 0 Å². The van der Waals surface area contributed by atoms with Gasteiger partial charge in [0.2, 0.25) is 0 Å². The third-order valence-corrected chi connectivity index (χ3v) is 1.99. The minimum absolute atomic E-state index is 0.0149. The average Bonchev–Trinajstić information content (AvgIpc) is 2.15. The van der Waals surface area contributed by atoms with Crippen LogP contribution in [-0.2, 0) is 0 Å². The van der Waals surface area contributed by atoms with Crippen molar-refractivity contribution in [3.8, 4) is 0 Å². The van der Waals surface area contributed by atoms with E-state index in [2.05, 4.69) is 0 Å². The molecule has 1 rings (SSSR count). The molecular formula is C9H7Cl2NO2.